The van der Waals surface area contributed by atoms with Gasteiger partial charge in [0, 0.05) is 6.42 Å². The lowest BCUT2D eigenvalue weighted by Crippen LogP contribution is -2.46. The summed E-state index contributed by atoms with van der Waals surface area (Å²) in [5.41, 5.74) is 5.08. The van der Waals surface area contributed by atoms with E-state index in [0.29, 0.717) is 0 Å². The maximum Gasteiger partial charge on any atom is 0.326 e. The van der Waals surface area contributed by atoms with Crippen LogP contribution >= 0.6 is 0 Å². The lowest BCUT2D eigenvalue weighted by atomic mass is 9.97. The lowest BCUT2D eigenvalue weighted by molar-refractivity contribution is -0.156. The molecule has 5 heteroatoms. The summed E-state index contributed by atoms with van der Waals surface area (Å²) in [4.78, 5) is 23.7. The van der Waals surface area contributed by atoms with Crippen LogP contribution in [0.1, 0.15) is 46.1 Å². The van der Waals surface area contributed by atoms with Crippen LogP contribution in [0.15, 0.2) is 30.3 Å². The summed E-state index contributed by atoms with van der Waals surface area (Å²) in [6, 6.07) is 9.35. The molecule has 0 amide bonds. The predicted molar refractivity (Wildman–Crippen MR) is 83.9 cm³/mol. The molecule has 1 rings (SSSR count). The highest BCUT2D eigenvalue weighted by atomic mass is 16.6. The Morgan fingerprint density at radius 1 is 1.09 bits per heavy atom. The fourth-order valence-corrected chi connectivity index (χ4v) is 1.74. The molecule has 0 fully saturated rings. The highest BCUT2D eigenvalue weighted by molar-refractivity contribution is 5.81. The molecule has 0 spiro atoms. The van der Waals surface area contributed by atoms with Gasteiger partial charge in [-0.15, -0.1) is 0 Å². The molecule has 0 bridgehead atoms. The highest BCUT2D eigenvalue weighted by Crippen LogP contribution is 2.16. The van der Waals surface area contributed by atoms with E-state index in [1.54, 1.807) is 27.7 Å². The highest BCUT2D eigenvalue weighted by Gasteiger charge is 2.31. The van der Waals surface area contributed by atoms with E-state index in [1.165, 1.54) is 0 Å². The molecule has 0 aliphatic rings. The Morgan fingerprint density at radius 2 is 1.68 bits per heavy atom. The average Bonchev–Trinajstić information content (AvgIpc) is 2.42. The Balaban J connectivity index is 2.44. The van der Waals surface area contributed by atoms with Crippen LogP contribution in [0.25, 0.3) is 0 Å². The van der Waals surface area contributed by atoms with Gasteiger partial charge in [0.25, 0.3) is 0 Å². The standard InChI is InChI=1S/C17H25NO4/c1-16(2,3)22-14(19)10-11-17(4,18)15(20)21-12-13-8-6-5-7-9-13/h5-9H,10-12,18H2,1-4H3. The number of nitrogens with two attached hydrogens (primary N) is 1. The summed E-state index contributed by atoms with van der Waals surface area (Å²) in [7, 11) is 0. The second-order valence-electron chi connectivity index (χ2n) is 6.57. The minimum atomic E-state index is -1.22. The largest absolute Gasteiger partial charge is 0.460 e. The minimum absolute atomic E-state index is 0.0741. The molecule has 0 radical (unpaired) electrons. The van der Waals surface area contributed by atoms with Gasteiger partial charge < -0.3 is 15.2 Å². The van der Waals surface area contributed by atoms with E-state index in [-0.39, 0.29) is 25.4 Å². The number of hydrogen-bond acceptors (Lipinski definition) is 5. The van der Waals surface area contributed by atoms with Gasteiger partial charge in [0.1, 0.15) is 17.7 Å². The molecule has 0 saturated heterocycles. The number of esters is 2. The van der Waals surface area contributed by atoms with E-state index in [1.807, 2.05) is 30.3 Å². The maximum absolute atomic E-state index is 12.0. The van der Waals surface area contributed by atoms with E-state index in [2.05, 4.69) is 0 Å². The van der Waals surface area contributed by atoms with E-state index in [0.717, 1.165) is 5.56 Å². The van der Waals surface area contributed by atoms with Crippen molar-refractivity contribution in [1.82, 2.24) is 0 Å². The van der Waals surface area contributed by atoms with Crippen LogP contribution in [-0.2, 0) is 25.7 Å². The second kappa shape index (κ2) is 7.40. The van der Waals surface area contributed by atoms with Gasteiger partial charge >= 0.3 is 11.9 Å². The Bertz CT molecular complexity index is 503. The first-order valence-electron chi connectivity index (χ1n) is 7.32. The zero-order valence-corrected chi connectivity index (χ0v) is 13.7. The normalized spacial score (nSPS) is 14.0. The average molecular weight is 307 g/mol. The molecule has 0 aromatic heterocycles. The van der Waals surface area contributed by atoms with Crippen LogP contribution < -0.4 is 5.73 Å². The van der Waals surface area contributed by atoms with Crippen molar-refractivity contribution in [3.05, 3.63) is 35.9 Å². The zero-order valence-electron chi connectivity index (χ0n) is 13.7. The molecular formula is C17H25NO4. The van der Waals surface area contributed by atoms with Crippen LogP contribution in [0, 0.1) is 0 Å². The molecule has 0 saturated carbocycles. The zero-order chi connectivity index (χ0) is 16.8. The molecule has 1 atom stereocenters. The summed E-state index contributed by atoms with van der Waals surface area (Å²) in [6.07, 6.45) is 0.250. The number of carbonyl (C=O) groups excluding carboxylic acids is 2. The third-order valence-corrected chi connectivity index (χ3v) is 2.95. The van der Waals surface area contributed by atoms with E-state index >= 15 is 0 Å². The van der Waals surface area contributed by atoms with Gasteiger partial charge in [-0.2, -0.15) is 0 Å². The Labute approximate surface area is 131 Å². The smallest absolute Gasteiger partial charge is 0.326 e. The predicted octanol–water partition coefficient (Wildman–Crippen LogP) is 2.57. The summed E-state index contributed by atoms with van der Waals surface area (Å²) < 4.78 is 10.4. The third-order valence-electron chi connectivity index (χ3n) is 2.95. The number of hydrogen-bond donors (Lipinski definition) is 1. The van der Waals surface area contributed by atoms with Gasteiger partial charge in [-0.05, 0) is 39.7 Å². The summed E-state index contributed by atoms with van der Waals surface area (Å²) >= 11 is 0. The molecule has 122 valence electrons. The Hall–Kier alpha value is -1.88. The van der Waals surface area contributed by atoms with Crippen molar-refractivity contribution in [2.45, 2.75) is 58.3 Å². The first kappa shape index (κ1) is 18.2. The van der Waals surface area contributed by atoms with E-state index in [9.17, 15) is 9.59 Å². The van der Waals surface area contributed by atoms with Crippen molar-refractivity contribution < 1.29 is 19.1 Å². The van der Waals surface area contributed by atoms with Gasteiger partial charge in [-0.25, -0.2) is 0 Å². The van der Waals surface area contributed by atoms with Crippen LogP contribution in [-0.4, -0.2) is 23.1 Å². The van der Waals surface area contributed by atoms with Crippen molar-refractivity contribution in [1.29, 1.82) is 0 Å². The second-order valence-corrected chi connectivity index (χ2v) is 6.57. The quantitative estimate of drug-likeness (QED) is 0.817. The van der Waals surface area contributed by atoms with Gasteiger partial charge in [0.15, 0.2) is 0 Å². The molecule has 2 N–H and O–H groups in total. The van der Waals surface area contributed by atoms with E-state index < -0.39 is 17.1 Å². The van der Waals surface area contributed by atoms with Crippen LogP contribution in [0.3, 0.4) is 0 Å². The van der Waals surface area contributed by atoms with Crippen LogP contribution in [0.4, 0.5) is 0 Å². The molecule has 0 heterocycles. The van der Waals surface area contributed by atoms with Gasteiger partial charge in [0.2, 0.25) is 0 Å². The van der Waals surface area contributed by atoms with Crippen molar-refractivity contribution >= 4 is 11.9 Å². The van der Waals surface area contributed by atoms with Gasteiger partial charge in [-0.3, -0.25) is 9.59 Å². The summed E-state index contributed by atoms with van der Waals surface area (Å²) in [5, 5.41) is 0. The van der Waals surface area contributed by atoms with Gasteiger partial charge in [0.05, 0.1) is 0 Å². The topological polar surface area (TPSA) is 78.6 Å². The fraction of sp³-hybridized carbons (Fsp3) is 0.529. The molecule has 22 heavy (non-hydrogen) atoms. The molecule has 1 aromatic carbocycles. The number of carbonyl (C=O) groups is 2. The first-order chi connectivity index (χ1) is 10.1. The van der Waals surface area contributed by atoms with E-state index in [4.69, 9.17) is 15.2 Å². The third kappa shape index (κ3) is 6.72. The molecular weight excluding hydrogens is 282 g/mol. The SMILES string of the molecule is CC(C)(C)OC(=O)CCC(C)(N)C(=O)OCc1ccccc1. The molecule has 5 nitrogen and oxygen atoms in total. The fourth-order valence-electron chi connectivity index (χ4n) is 1.74. The number of ether oxygens (including phenoxy) is 2. The molecule has 0 aliphatic carbocycles. The first-order valence-corrected chi connectivity index (χ1v) is 7.32. The molecule has 0 aliphatic heterocycles. The monoisotopic (exact) mass is 307 g/mol. The Morgan fingerprint density at radius 3 is 2.23 bits per heavy atom. The van der Waals surface area contributed by atoms with Gasteiger partial charge in [-0.1, -0.05) is 30.3 Å². The van der Waals surface area contributed by atoms with Crippen molar-refractivity contribution in [2.24, 2.45) is 5.73 Å². The maximum atomic E-state index is 12.0. The van der Waals surface area contributed by atoms with Crippen LogP contribution in [0.5, 0.6) is 0 Å². The number of rotatable bonds is 6. The lowest BCUT2D eigenvalue weighted by Gasteiger charge is -2.24. The number of benzene rings is 1. The Kier molecular flexibility index (Phi) is 6.11. The van der Waals surface area contributed by atoms with Crippen molar-refractivity contribution in [3.8, 4) is 0 Å². The van der Waals surface area contributed by atoms with Crippen LogP contribution in [0.2, 0.25) is 0 Å². The molecule has 1 aromatic rings. The summed E-state index contributed by atoms with van der Waals surface area (Å²) in [5.74, 6) is -0.903. The van der Waals surface area contributed by atoms with Crippen molar-refractivity contribution in [2.75, 3.05) is 0 Å². The molecule has 1 unspecified atom stereocenters. The minimum Gasteiger partial charge on any atom is -0.460 e. The van der Waals surface area contributed by atoms with Crippen molar-refractivity contribution in [3.63, 3.8) is 0 Å². The summed E-state index contributed by atoms with van der Waals surface area (Å²) in [6.45, 7) is 7.10.